The first-order chi connectivity index (χ1) is 8.16. The highest BCUT2D eigenvalue weighted by molar-refractivity contribution is 6.30. The van der Waals surface area contributed by atoms with Crippen LogP contribution in [0.25, 0.3) is 0 Å². The Labute approximate surface area is 119 Å². The number of amides is 1. The smallest absolute Gasteiger partial charge is 0.224 e. The molecule has 1 saturated heterocycles. The fourth-order valence-electron chi connectivity index (χ4n) is 2.07. The summed E-state index contributed by atoms with van der Waals surface area (Å²) in [7, 11) is 0. The molecule has 1 amide bonds. The average molecular weight is 289 g/mol. The van der Waals surface area contributed by atoms with Crippen molar-refractivity contribution in [3.8, 4) is 0 Å². The third-order valence-corrected chi connectivity index (χ3v) is 3.37. The molecule has 0 bridgehead atoms. The molecule has 2 rings (SSSR count). The van der Waals surface area contributed by atoms with E-state index in [1.807, 2.05) is 31.2 Å². The van der Waals surface area contributed by atoms with Crippen LogP contribution in [0.3, 0.4) is 0 Å². The lowest BCUT2D eigenvalue weighted by Crippen LogP contribution is -2.33. The maximum Gasteiger partial charge on any atom is 0.224 e. The van der Waals surface area contributed by atoms with Gasteiger partial charge in [0.15, 0.2) is 0 Å². The van der Waals surface area contributed by atoms with Gasteiger partial charge in [0.25, 0.3) is 0 Å². The minimum absolute atomic E-state index is 0. The van der Waals surface area contributed by atoms with Gasteiger partial charge in [-0.1, -0.05) is 23.7 Å². The minimum atomic E-state index is 0. The SMILES string of the molecule is C[C@@H](NC(=O)C1CCNC1)c1cccc(Cl)c1.Cl. The Morgan fingerprint density at radius 1 is 1.56 bits per heavy atom. The number of halogens is 2. The Bertz CT molecular complexity index is 406. The second kappa shape index (κ2) is 6.98. The first-order valence-corrected chi connectivity index (χ1v) is 6.31. The van der Waals surface area contributed by atoms with Gasteiger partial charge in [0.1, 0.15) is 0 Å². The highest BCUT2D eigenvalue weighted by atomic mass is 35.5. The van der Waals surface area contributed by atoms with Gasteiger partial charge in [-0.25, -0.2) is 0 Å². The molecule has 100 valence electrons. The van der Waals surface area contributed by atoms with Crippen LogP contribution in [0.4, 0.5) is 0 Å². The van der Waals surface area contributed by atoms with E-state index in [1.54, 1.807) is 0 Å². The molecule has 1 aromatic carbocycles. The number of benzene rings is 1. The highest BCUT2D eigenvalue weighted by Gasteiger charge is 2.23. The third kappa shape index (κ3) is 3.87. The van der Waals surface area contributed by atoms with E-state index in [0.717, 1.165) is 25.1 Å². The van der Waals surface area contributed by atoms with E-state index < -0.39 is 0 Å². The van der Waals surface area contributed by atoms with Gasteiger partial charge in [-0.15, -0.1) is 12.4 Å². The van der Waals surface area contributed by atoms with Crippen molar-refractivity contribution in [2.45, 2.75) is 19.4 Å². The Kier molecular flexibility index (Phi) is 5.93. The monoisotopic (exact) mass is 288 g/mol. The molecule has 0 spiro atoms. The zero-order chi connectivity index (χ0) is 12.3. The van der Waals surface area contributed by atoms with Gasteiger partial charge in [0, 0.05) is 11.6 Å². The molecule has 2 N–H and O–H groups in total. The molecule has 1 aliphatic rings. The zero-order valence-corrected chi connectivity index (χ0v) is 11.9. The number of hydrogen-bond donors (Lipinski definition) is 2. The minimum Gasteiger partial charge on any atom is -0.349 e. The summed E-state index contributed by atoms with van der Waals surface area (Å²) in [6.45, 7) is 3.70. The van der Waals surface area contributed by atoms with E-state index >= 15 is 0 Å². The topological polar surface area (TPSA) is 41.1 Å². The Hall–Kier alpha value is -0.770. The second-order valence-corrected chi connectivity index (χ2v) is 4.91. The fourth-order valence-corrected chi connectivity index (χ4v) is 2.27. The Morgan fingerprint density at radius 3 is 2.94 bits per heavy atom. The van der Waals surface area contributed by atoms with E-state index in [2.05, 4.69) is 10.6 Å². The van der Waals surface area contributed by atoms with E-state index in [9.17, 15) is 4.79 Å². The third-order valence-electron chi connectivity index (χ3n) is 3.14. The maximum atomic E-state index is 11.9. The van der Waals surface area contributed by atoms with Crippen molar-refractivity contribution in [3.63, 3.8) is 0 Å². The number of carbonyl (C=O) groups excluding carboxylic acids is 1. The summed E-state index contributed by atoms with van der Waals surface area (Å²) in [5.74, 6) is 0.235. The van der Waals surface area contributed by atoms with E-state index in [1.165, 1.54) is 0 Å². The molecule has 0 aliphatic carbocycles. The van der Waals surface area contributed by atoms with Gasteiger partial charge in [0.2, 0.25) is 5.91 Å². The fraction of sp³-hybridized carbons (Fsp3) is 0.462. The van der Waals surface area contributed by atoms with Crippen LogP contribution in [0.5, 0.6) is 0 Å². The molecule has 18 heavy (non-hydrogen) atoms. The highest BCUT2D eigenvalue weighted by Crippen LogP contribution is 2.18. The summed E-state index contributed by atoms with van der Waals surface area (Å²) in [6.07, 6.45) is 0.925. The van der Waals surface area contributed by atoms with Gasteiger partial charge in [0.05, 0.1) is 12.0 Å². The largest absolute Gasteiger partial charge is 0.349 e. The number of carbonyl (C=O) groups is 1. The normalized spacial score (nSPS) is 20.0. The van der Waals surface area contributed by atoms with Gasteiger partial charge in [-0.2, -0.15) is 0 Å². The number of hydrogen-bond acceptors (Lipinski definition) is 2. The first kappa shape index (κ1) is 15.3. The van der Waals surface area contributed by atoms with Crippen LogP contribution in [0, 0.1) is 5.92 Å². The molecule has 1 unspecified atom stereocenters. The summed E-state index contributed by atoms with van der Waals surface area (Å²) >= 11 is 5.93. The molecule has 1 aliphatic heterocycles. The standard InChI is InChI=1S/C13H17ClN2O.ClH/c1-9(10-3-2-4-12(14)7-10)16-13(17)11-5-6-15-8-11;/h2-4,7,9,11,15H,5-6,8H2,1H3,(H,16,17);1H/t9-,11?;/m1./s1. The van der Waals surface area contributed by atoms with Crippen molar-refractivity contribution in [2.24, 2.45) is 5.92 Å². The van der Waals surface area contributed by atoms with Gasteiger partial charge in [-0.05, 0) is 37.6 Å². The Morgan fingerprint density at radius 2 is 2.33 bits per heavy atom. The molecule has 0 saturated carbocycles. The van der Waals surface area contributed by atoms with Crippen molar-refractivity contribution < 1.29 is 4.79 Å². The van der Waals surface area contributed by atoms with Crippen molar-refractivity contribution >= 4 is 29.9 Å². The summed E-state index contributed by atoms with van der Waals surface area (Å²) < 4.78 is 0. The van der Waals surface area contributed by atoms with Crippen LogP contribution >= 0.6 is 24.0 Å². The zero-order valence-electron chi connectivity index (χ0n) is 10.3. The number of rotatable bonds is 3. The van der Waals surface area contributed by atoms with E-state index in [4.69, 9.17) is 11.6 Å². The van der Waals surface area contributed by atoms with Gasteiger partial charge >= 0.3 is 0 Å². The summed E-state index contributed by atoms with van der Waals surface area (Å²) in [4.78, 5) is 11.9. The molecule has 1 fully saturated rings. The lowest BCUT2D eigenvalue weighted by atomic mass is 10.1. The molecule has 2 atom stereocenters. The lowest BCUT2D eigenvalue weighted by Gasteiger charge is -2.17. The molecular weight excluding hydrogens is 271 g/mol. The quantitative estimate of drug-likeness (QED) is 0.898. The van der Waals surface area contributed by atoms with Crippen molar-refractivity contribution in [3.05, 3.63) is 34.9 Å². The molecular formula is C13H18Cl2N2O. The Balaban J connectivity index is 0.00000162. The first-order valence-electron chi connectivity index (χ1n) is 5.93. The van der Waals surface area contributed by atoms with Crippen LogP contribution in [0.1, 0.15) is 24.9 Å². The summed E-state index contributed by atoms with van der Waals surface area (Å²) in [5, 5.41) is 6.92. The van der Waals surface area contributed by atoms with Crippen LogP contribution in [-0.2, 0) is 4.79 Å². The van der Waals surface area contributed by atoms with Crippen LogP contribution in [0.2, 0.25) is 5.02 Å². The van der Waals surface area contributed by atoms with Gasteiger partial charge < -0.3 is 10.6 Å². The van der Waals surface area contributed by atoms with Crippen LogP contribution < -0.4 is 10.6 Å². The number of nitrogens with one attached hydrogen (secondary N) is 2. The van der Waals surface area contributed by atoms with Crippen molar-refractivity contribution in [1.29, 1.82) is 0 Å². The summed E-state index contributed by atoms with van der Waals surface area (Å²) in [5.41, 5.74) is 1.04. The molecule has 0 aromatic heterocycles. The average Bonchev–Trinajstić information content (AvgIpc) is 2.82. The van der Waals surface area contributed by atoms with E-state index in [0.29, 0.717) is 5.02 Å². The summed E-state index contributed by atoms with van der Waals surface area (Å²) in [6, 6.07) is 7.60. The molecule has 1 aromatic rings. The van der Waals surface area contributed by atoms with Crippen LogP contribution in [-0.4, -0.2) is 19.0 Å². The predicted molar refractivity (Wildman–Crippen MR) is 76.2 cm³/mol. The van der Waals surface area contributed by atoms with Gasteiger partial charge in [-0.3, -0.25) is 4.79 Å². The molecule has 1 heterocycles. The molecule has 5 heteroatoms. The maximum absolute atomic E-state index is 11.9. The van der Waals surface area contributed by atoms with Crippen molar-refractivity contribution in [1.82, 2.24) is 10.6 Å². The second-order valence-electron chi connectivity index (χ2n) is 4.48. The predicted octanol–water partition coefficient (Wildman–Crippen LogP) is 2.55. The van der Waals surface area contributed by atoms with Crippen molar-refractivity contribution in [2.75, 3.05) is 13.1 Å². The van der Waals surface area contributed by atoms with E-state index in [-0.39, 0.29) is 30.3 Å². The van der Waals surface area contributed by atoms with Crippen LogP contribution in [0.15, 0.2) is 24.3 Å². The molecule has 3 nitrogen and oxygen atoms in total. The molecule has 0 radical (unpaired) electrons. The lowest BCUT2D eigenvalue weighted by molar-refractivity contribution is -0.125.